The Bertz CT molecular complexity index is 298. The first-order valence-corrected chi connectivity index (χ1v) is 6.58. The van der Waals surface area contributed by atoms with Gasteiger partial charge in [0.25, 0.3) is 0 Å². The number of halogens is 1. The molecular formula is C13H22ClN3. The molecule has 0 unspecified atom stereocenters. The highest BCUT2D eigenvalue weighted by molar-refractivity contribution is 6.30. The first-order chi connectivity index (χ1) is 8.18. The first-order valence-electron chi connectivity index (χ1n) is 6.20. The van der Waals surface area contributed by atoms with Gasteiger partial charge >= 0.3 is 0 Å². The van der Waals surface area contributed by atoms with Gasteiger partial charge in [-0.05, 0) is 44.1 Å². The molecule has 1 heterocycles. The number of nitrogens with zero attached hydrogens (tertiary/aromatic N) is 1. The highest BCUT2D eigenvalue weighted by Crippen LogP contribution is 2.05. The number of aromatic nitrogens is 1. The van der Waals surface area contributed by atoms with Crippen molar-refractivity contribution in [2.45, 2.75) is 26.8 Å². The van der Waals surface area contributed by atoms with Crippen LogP contribution in [0.25, 0.3) is 0 Å². The third-order valence-corrected chi connectivity index (χ3v) is 2.58. The van der Waals surface area contributed by atoms with E-state index in [2.05, 4.69) is 29.5 Å². The largest absolute Gasteiger partial charge is 0.316 e. The zero-order valence-corrected chi connectivity index (χ0v) is 11.4. The van der Waals surface area contributed by atoms with Gasteiger partial charge in [0.05, 0.1) is 10.7 Å². The minimum atomic E-state index is 0.687. The van der Waals surface area contributed by atoms with Crippen molar-refractivity contribution < 1.29 is 0 Å². The van der Waals surface area contributed by atoms with Crippen LogP contribution >= 0.6 is 11.6 Å². The average Bonchev–Trinajstić information content (AvgIpc) is 2.30. The summed E-state index contributed by atoms with van der Waals surface area (Å²) >= 11 is 5.76. The van der Waals surface area contributed by atoms with Crippen molar-refractivity contribution >= 4 is 11.6 Å². The van der Waals surface area contributed by atoms with Gasteiger partial charge in [0.2, 0.25) is 0 Å². The SMILES string of the molecule is CC(C)CNCCCNCc1ccc(Cl)cn1. The number of pyridine rings is 1. The standard InChI is InChI=1S/C13H22ClN3/c1-11(2)8-15-6-3-7-16-10-13-5-4-12(14)9-17-13/h4-5,9,11,15-16H,3,6-8,10H2,1-2H3. The van der Waals surface area contributed by atoms with E-state index in [9.17, 15) is 0 Å². The van der Waals surface area contributed by atoms with Gasteiger partial charge < -0.3 is 10.6 Å². The lowest BCUT2D eigenvalue weighted by Crippen LogP contribution is -2.24. The zero-order chi connectivity index (χ0) is 12.5. The lowest BCUT2D eigenvalue weighted by molar-refractivity contribution is 0.529. The third-order valence-electron chi connectivity index (χ3n) is 2.35. The molecule has 17 heavy (non-hydrogen) atoms. The molecule has 0 saturated heterocycles. The van der Waals surface area contributed by atoms with Crippen molar-refractivity contribution in [3.05, 3.63) is 29.0 Å². The smallest absolute Gasteiger partial charge is 0.0589 e. The molecule has 0 aliphatic rings. The Morgan fingerprint density at radius 3 is 2.65 bits per heavy atom. The Morgan fingerprint density at radius 1 is 1.24 bits per heavy atom. The van der Waals surface area contributed by atoms with Crippen molar-refractivity contribution in [1.82, 2.24) is 15.6 Å². The predicted molar refractivity (Wildman–Crippen MR) is 73.3 cm³/mol. The molecule has 0 atom stereocenters. The molecule has 0 aliphatic carbocycles. The summed E-state index contributed by atoms with van der Waals surface area (Å²) in [5.41, 5.74) is 1.03. The van der Waals surface area contributed by atoms with Gasteiger partial charge in [0, 0.05) is 12.7 Å². The number of hydrogen-bond acceptors (Lipinski definition) is 3. The molecule has 0 aromatic carbocycles. The van der Waals surface area contributed by atoms with E-state index in [1.807, 2.05) is 12.1 Å². The average molecular weight is 256 g/mol. The summed E-state index contributed by atoms with van der Waals surface area (Å²) in [5.74, 6) is 0.723. The highest BCUT2D eigenvalue weighted by Gasteiger charge is 1.95. The molecule has 96 valence electrons. The zero-order valence-electron chi connectivity index (χ0n) is 10.7. The molecule has 1 aromatic heterocycles. The summed E-state index contributed by atoms with van der Waals surface area (Å²) in [6.07, 6.45) is 2.82. The molecular weight excluding hydrogens is 234 g/mol. The number of rotatable bonds is 8. The Balaban J connectivity index is 1.99. The molecule has 0 saturated carbocycles. The van der Waals surface area contributed by atoms with Crippen LogP contribution in [0, 0.1) is 5.92 Å². The van der Waals surface area contributed by atoms with E-state index in [1.165, 1.54) is 0 Å². The summed E-state index contributed by atoms with van der Waals surface area (Å²) in [7, 11) is 0. The van der Waals surface area contributed by atoms with Gasteiger partial charge in [0.15, 0.2) is 0 Å². The molecule has 2 N–H and O–H groups in total. The van der Waals surface area contributed by atoms with Crippen LogP contribution < -0.4 is 10.6 Å². The van der Waals surface area contributed by atoms with Gasteiger partial charge in [-0.3, -0.25) is 4.98 Å². The number of nitrogens with one attached hydrogen (secondary N) is 2. The molecule has 3 nitrogen and oxygen atoms in total. The topological polar surface area (TPSA) is 37.0 Å². The fourth-order valence-electron chi connectivity index (χ4n) is 1.46. The molecule has 4 heteroatoms. The van der Waals surface area contributed by atoms with E-state index in [1.54, 1.807) is 6.20 Å². The minimum absolute atomic E-state index is 0.687. The second-order valence-electron chi connectivity index (χ2n) is 4.60. The Morgan fingerprint density at radius 2 is 2.00 bits per heavy atom. The third kappa shape index (κ3) is 7.31. The quantitative estimate of drug-likeness (QED) is 0.701. The van der Waals surface area contributed by atoms with Crippen LogP contribution in [-0.2, 0) is 6.54 Å². The second kappa shape index (κ2) is 8.45. The summed E-state index contributed by atoms with van der Waals surface area (Å²) in [6.45, 7) is 8.42. The molecule has 0 aliphatic heterocycles. The van der Waals surface area contributed by atoms with Crippen LogP contribution in [0.2, 0.25) is 5.02 Å². The van der Waals surface area contributed by atoms with Crippen LogP contribution in [0.15, 0.2) is 18.3 Å². The van der Waals surface area contributed by atoms with E-state index < -0.39 is 0 Å². The van der Waals surface area contributed by atoms with Gasteiger partial charge in [-0.2, -0.15) is 0 Å². The van der Waals surface area contributed by atoms with Crippen LogP contribution in [0.4, 0.5) is 0 Å². The van der Waals surface area contributed by atoms with Crippen molar-refractivity contribution in [3.8, 4) is 0 Å². The Hall–Kier alpha value is -0.640. The lowest BCUT2D eigenvalue weighted by Gasteiger charge is -2.07. The van der Waals surface area contributed by atoms with E-state index in [4.69, 9.17) is 11.6 Å². The Kier molecular flexibility index (Phi) is 7.17. The molecule has 0 bridgehead atoms. The van der Waals surface area contributed by atoms with Crippen LogP contribution in [0.3, 0.4) is 0 Å². The van der Waals surface area contributed by atoms with Crippen molar-refractivity contribution in [2.75, 3.05) is 19.6 Å². The van der Waals surface area contributed by atoms with Crippen molar-refractivity contribution in [3.63, 3.8) is 0 Å². The maximum atomic E-state index is 5.76. The van der Waals surface area contributed by atoms with Gasteiger partial charge in [-0.15, -0.1) is 0 Å². The molecule has 1 rings (SSSR count). The van der Waals surface area contributed by atoms with Crippen molar-refractivity contribution in [1.29, 1.82) is 0 Å². The minimum Gasteiger partial charge on any atom is -0.316 e. The molecule has 0 spiro atoms. The molecule has 0 radical (unpaired) electrons. The molecule has 0 amide bonds. The van der Waals surface area contributed by atoms with Crippen LogP contribution in [-0.4, -0.2) is 24.6 Å². The number of hydrogen-bond donors (Lipinski definition) is 2. The molecule has 1 aromatic rings. The van der Waals surface area contributed by atoms with E-state index in [0.29, 0.717) is 5.02 Å². The lowest BCUT2D eigenvalue weighted by atomic mass is 10.2. The summed E-state index contributed by atoms with van der Waals surface area (Å²) in [6, 6.07) is 3.82. The van der Waals surface area contributed by atoms with Crippen molar-refractivity contribution in [2.24, 2.45) is 5.92 Å². The summed E-state index contributed by atoms with van der Waals surface area (Å²) < 4.78 is 0. The summed E-state index contributed by atoms with van der Waals surface area (Å²) in [4.78, 5) is 4.23. The normalized spacial score (nSPS) is 11.1. The second-order valence-corrected chi connectivity index (χ2v) is 5.03. The van der Waals surface area contributed by atoms with Crippen LogP contribution in [0.5, 0.6) is 0 Å². The van der Waals surface area contributed by atoms with Gasteiger partial charge in [0.1, 0.15) is 0 Å². The van der Waals surface area contributed by atoms with Gasteiger partial charge in [-0.25, -0.2) is 0 Å². The monoisotopic (exact) mass is 255 g/mol. The summed E-state index contributed by atoms with van der Waals surface area (Å²) in [5, 5.41) is 7.47. The predicted octanol–water partition coefficient (Wildman–Crippen LogP) is 2.46. The van der Waals surface area contributed by atoms with Gasteiger partial charge in [-0.1, -0.05) is 25.4 Å². The van der Waals surface area contributed by atoms with Crippen LogP contribution in [0.1, 0.15) is 26.0 Å². The fourth-order valence-corrected chi connectivity index (χ4v) is 1.57. The maximum absolute atomic E-state index is 5.76. The highest BCUT2D eigenvalue weighted by atomic mass is 35.5. The fraction of sp³-hybridized carbons (Fsp3) is 0.615. The maximum Gasteiger partial charge on any atom is 0.0589 e. The Labute approximate surface area is 109 Å². The van der Waals surface area contributed by atoms with E-state index in [-0.39, 0.29) is 0 Å². The van der Waals surface area contributed by atoms with E-state index >= 15 is 0 Å². The van der Waals surface area contributed by atoms with E-state index in [0.717, 1.165) is 44.2 Å². The first kappa shape index (κ1) is 14.4. The molecule has 0 fully saturated rings.